The van der Waals surface area contributed by atoms with Crippen molar-refractivity contribution in [1.82, 2.24) is 19.5 Å². The van der Waals surface area contributed by atoms with E-state index in [0.29, 0.717) is 21.4 Å². The SMILES string of the molecule is CC[C@H]1O[C@@H](n2cnc3c(Cl)nc(I)nc32)[C@@H](OC(C)=O)C1OC(C)=O. The molecule has 0 radical (unpaired) electrons. The zero-order valence-corrected chi connectivity index (χ0v) is 17.1. The Morgan fingerprint density at radius 3 is 2.54 bits per heavy atom. The van der Waals surface area contributed by atoms with E-state index >= 15 is 0 Å². The molecule has 1 aliphatic heterocycles. The van der Waals surface area contributed by atoms with Gasteiger partial charge in [0.1, 0.15) is 11.6 Å². The third-order valence-corrected chi connectivity index (χ3v) is 4.66. The lowest BCUT2D eigenvalue weighted by Crippen LogP contribution is -2.38. The Labute approximate surface area is 167 Å². The van der Waals surface area contributed by atoms with Gasteiger partial charge in [0, 0.05) is 36.4 Å². The minimum absolute atomic E-state index is 0.212. The van der Waals surface area contributed by atoms with Crippen LogP contribution in [0.5, 0.6) is 0 Å². The number of carbonyl (C=O) groups is 2. The zero-order valence-electron chi connectivity index (χ0n) is 14.2. The Morgan fingerprint density at radius 2 is 1.92 bits per heavy atom. The second-order valence-electron chi connectivity index (χ2n) is 5.73. The van der Waals surface area contributed by atoms with Crippen LogP contribution in [0.4, 0.5) is 0 Å². The molecular formula is C15H16ClIN4O5. The zero-order chi connectivity index (χ0) is 19.0. The van der Waals surface area contributed by atoms with Crippen molar-refractivity contribution < 1.29 is 23.8 Å². The topological polar surface area (TPSA) is 105 Å². The Bertz CT molecular complexity index is 860. The molecule has 1 saturated heterocycles. The quantitative estimate of drug-likeness (QED) is 0.276. The lowest BCUT2D eigenvalue weighted by atomic mass is 10.1. The number of carbonyl (C=O) groups excluding carboxylic acids is 2. The number of esters is 2. The van der Waals surface area contributed by atoms with Gasteiger partial charge in [-0.15, -0.1) is 0 Å². The van der Waals surface area contributed by atoms with Crippen LogP contribution in [0.1, 0.15) is 33.4 Å². The highest BCUT2D eigenvalue weighted by Crippen LogP contribution is 2.37. The molecule has 0 amide bonds. The van der Waals surface area contributed by atoms with Crippen LogP contribution in [0, 0.1) is 3.83 Å². The maximum absolute atomic E-state index is 11.6. The molecule has 26 heavy (non-hydrogen) atoms. The van der Waals surface area contributed by atoms with E-state index in [-0.39, 0.29) is 5.15 Å². The molecule has 1 fully saturated rings. The standard InChI is InChI=1S/C15H16ClIN4O5/c1-4-8-10(24-6(2)22)11(25-7(3)23)14(26-8)21-5-18-9-12(16)19-15(17)20-13(9)21/h5,8,10-11,14H,4H2,1-3H3/t8-,10?,11+,14-/m1/s1. The summed E-state index contributed by atoms with van der Waals surface area (Å²) < 4.78 is 18.9. The van der Waals surface area contributed by atoms with E-state index in [1.165, 1.54) is 20.2 Å². The summed E-state index contributed by atoms with van der Waals surface area (Å²) in [6.45, 7) is 4.48. The number of imidazole rings is 1. The highest BCUT2D eigenvalue weighted by Gasteiger charge is 2.49. The summed E-state index contributed by atoms with van der Waals surface area (Å²) in [6.07, 6.45) is -0.732. The molecule has 1 aliphatic rings. The van der Waals surface area contributed by atoms with Gasteiger partial charge in [-0.25, -0.2) is 15.0 Å². The van der Waals surface area contributed by atoms with Crippen molar-refractivity contribution in [3.05, 3.63) is 15.3 Å². The van der Waals surface area contributed by atoms with Crippen LogP contribution in [0.2, 0.25) is 5.15 Å². The van der Waals surface area contributed by atoms with Crippen molar-refractivity contribution in [1.29, 1.82) is 0 Å². The Morgan fingerprint density at radius 1 is 1.27 bits per heavy atom. The molecule has 0 N–H and O–H groups in total. The Hall–Kier alpha value is -1.53. The Balaban J connectivity index is 2.07. The third-order valence-electron chi connectivity index (χ3n) is 3.92. The minimum atomic E-state index is -0.842. The molecule has 140 valence electrons. The lowest BCUT2D eigenvalue weighted by Gasteiger charge is -2.23. The van der Waals surface area contributed by atoms with Crippen LogP contribution in [0.3, 0.4) is 0 Å². The van der Waals surface area contributed by atoms with E-state index in [4.69, 9.17) is 25.8 Å². The molecule has 0 aliphatic carbocycles. The van der Waals surface area contributed by atoms with E-state index in [1.807, 2.05) is 29.5 Å². The summed E-state index contributed by atoms with van der Waals surface area (Å²) >= 11 is 8.07. The first kappa shape index (κ1) is 19.2. The highest BCUT2D eigenvalue weighted by molar-refractivity contribution is 14.1. The second kappa shape index (κ2) is 7.61. The molecule has 3 heterocycles. The van der Waals surface area contributed by atoms with Gasteiger partial charge in [-0.05, 0) is 6.42 Å². The summed E-state index contributed by atoms with van der Waals surface area (Å²) in [6, 6.07) is 0. The van der Waals surface area contributed by atoms with E-state index in [2.05, 4.69) is 15.0 Å². The molecule has 3 rings (SSSR count). The number of nitrogens with zero attached hydrogens (tertiary/aromatic N) is 4. The molecule has 11 heteroatoms. The van der Waals surface area contributed by atoms with Crippen molar-refractivity contribution in [2.75, 3.05) is 0 Å². The van der Waals surface area contributed by atoms with E-state index in [1.54, 1.807) is 4.57 Å². The van der Waals surface area contributed by atoms with E-state index in [9.17, 15) is 9.59 Å². The number of hydrogen-bond acceptors (Lipinski definition) is 8. The number of halogens is 2. The average molecular weight is 495 g/mol. The smallest absolute Gasteiger partial charge is 0.303 e. The van der Waals surface area contributed by atoms with Crippen molar-refractivity contribution in [3.8, 4) is 0 Å². The first-order valence-corrected chi connectivity index (χ1v) is 9.33. The normalized spacial score (nSPS) is 25.4. The van der Waals surface area contributed by atoms with Gasteiger partial charge in [0.25, 0.3) is 0 Å². The summed E-state index contributed by atoms with van der Waals surface area (Å²) in [5, 5.41) is 0.212. The van der Waals surface area contributed by atoms with Gasteiger partial charge < -0.3 is 14.2 Å². The van der Waals surface area contributed by atoms with E-state index < -0.39 is 36.5 Å². The summed E-state index contributed by atoms with van der Waals surface area (Å²) in [7, 11) is 0. The second-order valence-corrected chi connectivity index (χ2v) is 7.05. The van der Waals surface area contributed by atoms with Crippen LogP contribution in [0.25, 0.3) is 11.2 Å². The van der Waals surface area contributed by atoms with Gasteiger partial charge in [0.05, 0.1) is 6.33 Å². The summed E-state index contributed by atoms with van der Waals surface area (Å²) in [5.74, 6) is -0.991. The van der Waals surface area contributed by atoms with Gasteiger partial charge in [-0.2, -0.15) is 0 Å². The van der Waals surface area contributed by atoms with Crippen LogP contribution in [0.15, 0.2) is 6.33 Å². The third kappa shape index (κ3) is 3.62. The predicted molar refractivity (Wildman–Crippen MR) is 98.4 cm³/mol. The van der Waals surface area contributed by atoms with Crippen molar-refractivity contribution >= 4 is 57.3 Å². The largest absolute Gasteiger partial charge is 0.456 e. The number of ether oxygens (including phenoxy) is 3. The highest BCUT2D eigenvalue weighted by atomic mass is 127. The van der Waals surface area contributed by atoms with Gasteiger partial charge >= 0.3 is 11.9 Å². The summed E-state index contributed by atoms with van der Waals surface area (Å²) in [5.41, 5.74) is 0.844. The van der Waals surface area contributed by atoms with Crippen molar-refractivity contribution in [2.24, 2.45) is 0 Å². The van der Waals surface area contributed by atoms with Crippen molar-refractivity contribution in [2.45, 2.75) is 51.7 Å². The fourth-order valence-electron chi connectivity index (χ4n) is 2.96. The molecule has 9 nitrogen and oxygen atoms in total. The van der Waals surface area contributed by atoms with Crippen molar-refractivity contribution in [3.63, 3.8) is 0 Å². The fraction of sp³-hybridized carbons (Fsp3) is 0.533. The molecule has 0 saturated carbocycles. The van der Waals surface area contributed by atoms with E-state index in [0.717, 1.165) is 0 Å². The number of aromatic nitrogens is 4. The average Bonchev–Trinajstić information content (AvgIpc) is 3.09. The number of rotatable bonds is 4. The molecule has 2 aromatic rings. The van der Waals surface area contributed by atoms with Gasteiger partial charge in [0.15, 0.2) is 33.1 Å². The molecule has 0 aromatic carbocycles. The molecule has 0 spiro atoms. The van der Waals surface area contributed by atoms with Gasteiger partial charge in [-0.1, -0.05) is 18.5 Å². The molecule has 0 bridgehead atoms. The van der Waals surface area contributed by atoms with Crippen LogP contribution in [-0.2, 0) is 23.8 Å². The van der Waals surface area contributed by atoms with Gasteiger partial charge in [0.2, 0.25) is 0 Å². The first-order chi connectivity index (χ1) is 12.3. The molecule has 1 unspecified atom stereocenters. The molecular weight excluding hydrogens is 479 g/mol. The fourth-order valence-corrected chi connectivity index (χ4v) is 3.78. The van der Waals surface area contributed by atoms with Crippen LogP contribution >= 0.6 is 34.2 Å². The molecule has 4 atom stereocenters. The summed E-state index contributed by atoms with van der Waals surface area (Å²) in [4.78, 5) is 35.8. The Kier molecular flexibility index (Phi) is 5.63. The van der Waals surface area contributed by atoms with Crippen LogP contribution < -0.4 is 0 Å². The maximum atomic E-state index is 11.6. The first-order valence-electron chi connectivity index (χ1n) is 7.87. The molecule has 2 aromatic heterocycles. The number of hydrogen-bond donors (Lipinski definition) is 0. The lowest BCUT2D eigenvalue weighted by molar-refractivity contribution is -0.165. The monoisotopic (exact) mass is 494 g/mol. The maximum Gasteiger partial charge on any atom is 0.303 e. The predicted octanol–water partition coefficient (Wildman–Crippen LogP) is 2.26. The van der Waals surface area contributed by atoms with Crippen LogP contribution in [-0.4, -0.2) is 49.8 Å². The minimum Gasteiger partial charge on any atom is -0.456 e. The van der Waals surface area contributed by atoms with Gasteiger partial charge in [-0.3, -0.25) is 14.2 Å². The number of fused-ring (bicyclic) bond motifs is 1.